The van der Waals surface area contributed by atoms with Crippen molar-refractivity contribution in [1.29, 1.82) is 0 Å². The fourth-order valence-electron chi connectivity index (χ4n) is 4.04. The summed E-state index contributed by atoms with van der Waals surface area (Å²) < 4.78 is 11.7. The first-order valence-corrected chi connectivity index (χ1v) is 8.52. The molecule has 2 atom stereocenters. The predicted molar refractivity (Wildman–Crippen MR) is 84.9 cm³/mol. The van der Waals surface area contributed by atoms with E-state index in [4.69, 9.17) is 9.47 Å². The van der Waals surface area contributed by atoms with Crippen molar-refractivity contribution in [2.75, 3.05) is 13.2 Å². The minimum absolute atomic E-state index is 0.0686. The van der Waals surface area contributed by atoms with Crippen molar-refractivity contribution in [2.45, 2.75) is 73.2 Å². The fourth-order valence-corrected chi connectivity index (χ4v) is 4.04. The maximum atomic E-state index is 10.9. The highest BCUT2D eigenvalue weighted by molar-refractivity contribution is 4.96. The van der Waals surface area contributed by atoms with Gasteiger partial charge in [-0.1, -0.05) is 41.5 Å². The van der Waals surface area contributed by atoms with Gasteiger partial charge in [-0.15, -0.1) is 0 Å². The van der Waals surface area contributed by atoms with Crippen LogP contribution in [-0.2, 0) is 9.47 Å². The molecule has 21 heavy (non-hydrogen) atoms. The second-order valence-electron chi connectivity index (χ2n) is 9.13. The first kappa shape index (κ1) is 17.2. The van der Waals surface area contributed by atoms with Crippen LogP contribution in [0.1, 0.15) is 60.8 Å². The molecule has 0 spiro atoms. The summed E-state index contributed by atoms with van der Waals surface area (Å²) in [6.07, 6.45) is 2.70. The van der Waals surface area contributed by atoms with Crippen LogP contribution in [0.2, 0.25) is 0 Å². The van der Waals surface area contributed by atoms with Crippen molar-refractivity contribution >= 4 is 0 Å². The molecule has 124 valence electrons. The van der Waals surface area contributed by atoms with Gasteiger partial charge in [-0.05, 0) is 41.9 Å². The zero-order valence-corrected chi connectivity index (χ0v) is 14.7. The van der Waals surface area contributed by atoms with Crippen LogP contribution >= 0.6 is 0 Å². The third-order valence-corrected chi connectivity index (χ3v) is 5.40. The molecule has 1 aliphatic heterocycles. The Morgan fingerprint density at radius 2 is 1.24 bits per heavy atom. The lowest BCUT2D eigenvalue weighted by atomic mass is 9.58. The van der Waals surface area contributed by atoms with Crippen molar-refractivity contribution < 1.29 is 14.6 Å². The van der Waals surface area contributed by atoms with E-state index in [-0.39, 0.29) is 23.2 Å². The smallest absolute Gasteiger partial charge is 0.160 e. The molecule has 1 N–H and O–H groups in total. The van der Waals surface area contributed by atoms with E-state index in [0.29, 0.717) is 17.8 Å². The number of hydrogen-bond acceptors (Lipinski definition) is 3. The molecule has 2 rings (SSSR count). The van der Waals surface area contributed by atoms with Gasteiger partial charge in [-0.25, -0.2) is 0 Å². The second-order valence-corrected chi connectivity index (χ2v) is 9.13. The molecule has 3 heteroatoms. The van der Waals surface area contributed by atoms with E-state index in [9.17, 15) is 5.11 Å². The molecule has 0 aromatic heterocycles. The van der Waals surface area contributed by atoms with Gasteiger partial charge in [-0.3, -0.25) is 0 Å². The van der Waals surface area contributed by atoms with Crippen LogP contribution in [0.3, 0.4) is 0 Å². The molecule has 0 amide bonds. The van der Waals surface area contributed by atoms with Crippen molar-refractivity contribution in [2.24, 2.45) is 28.6 Å². The van der Waals surface area contributed by atoms with Crippen molar-refractivity contribution in [3.63, 3.8) is 0 Å². The summed E-state index contributed by atoms with van der Waals surface area (Å²) >= 11 is 0. The number of aliphatic hydroxyl groups excluding tert-OH is 1. The van der Waals surface area contributed by atoms with E-state index in [1.54, 1.807) is 0 Å². The van der Waals surface area contributed by atoms with Gasteiger partial charge in [0.1, 0.15) is 0 Å². The van der Waals surface area contributed by atoms with E-state index < -0.39 is 0 Å². The fraction of sp³-hybridized carbons (Fsp3) is 1.00. The van der Waals surface area contributed by atoms with Crippen LogP contribution in [0.15, 0.2) is 0 Å². The molecular weight excluding hydrogens is 264 g/mol. The lowest BCUT2D eigenvalue weighted by Crippen LogP contribution is -2.50. The van der Waals surface area contributed by atoms with Crippen LogP contribution in [-0.4, -0.2) is 30.7 Å². The Bertz CT molecular complexity index is 309. The SMILES string of the molecule is CC(C)(C)C1CC(C2OCCCO2)CC(C(C)(C)C)C1O. The Kier molecular flexibility index (Phi) is 5.07. The van der Waals surface area contributed by atoms with Gasteiger partial charge in [0, 0.05) is 5.92 Å². The van der Waals surface area contributed by atoms with Gasteiger partial charge in [0.25, 0.3) is 0 Å². The Labute approximate surface area is 130 Å². The van der Waals surface area contributed by atoms with Crippen LogP contribution < -0.4 is 0 Å². The quantitative estimate of drug-likeness (QED) is 0.799. The first-order valence-electron chi connectivity index (χ1n) is 8.52. The molecule has 2 unspecified atom stereocenters. The largest absolute Gasteiger partial charge is 0.393 e. The highest BCUT2D eigenvalue weighted by Crippen LogP contribution is 2.49. The minimum Gasteiger partial charge on any atom is -0.393 e. The van der Waals surface area contributed by atoms with E-state index in [1.165, 1.54) is 0 Å². The average Bonchev–Trinajstić information content (AvgIpc) is 2.37. The van der Waals surface area contributed by atoms with Crippen molar-refractivity contribution in [1.82, 2.24) is 0 Å². The number of aliphatic hydroxyl groups is 1. The van der Waals surface area contributed by atoms with E-state index in [0.717, 1.165) is 32.5 Å². The standard InChI is InChI=1S/C18H34O3/c1-17(2,3)13-10-12(16-20-8-7-9-21-16)11-14(15(13)19)18(4,5)6/h12-16,19H,7-11H2,1-6H3. The Balaban J connectivity index is 2.19. The lowest BCUT2D eigenvalue weighted by Gasteiger charge is -2.50. The number of rotatable bonds is 1. The van der Waals surface area contributed by atoms with Gasteiger partial charge >= 0.3 is 0 Å². The van der Waals surface area contributed by atoms with E-state index in [2.05, 4.69) is 41.5 Å². The molecule has 1 saturated heterocycles. The molecule has 0 aromatic carbocycles. The zero-order valence-electron chi connectivity index (χ0n) is 14.7. The van der Waals surface area contributed by atoms with Crippen LogP contribution in [0.25, 0.3) is 0 Å². The highest BCUT2D eigenvalue weighted by atomic mass is 16.7. The summed E-state index contributed by atoms with van der Waals surface area (Å²) in [7, 11) is 0. The summed E-state index contributed by atoms with van der Waals surface area (Å²) in [6, 6.07) is 0. The molecule has 1 saturated carbocycles. The first-order chi connectivity index (χ1) is 9.60. The summed E-state index contributed by atoms with van der Waals surface area (Å²) in [5.41, 5.74) is 0.215. The van der Waals surface area contributed by atoms with E-state index in [1.807, 2.05) is 0 Å². The van der Waals surface area contributed by atoms with Gasteiger partial charge < -0.3 is 14.6 Å². The zero-order chi connectivity index (χ0) is 15.8. The highest BCUT2D eigenvalue weighted by Gasteiger charge is 2.48. The van der Waals surface area contributed by atoms with Crippen molar-refractivity contribution in [3.8, 4) is 0 Å². The predicted octanol–water partition coefficient (Wildman–Crippen LogP) is 3.84. The van der Waals surface area contributed by atoms with Crippen LogP contribution in [0, 0.1) is 28.6 Å². The Hall–Kier alpha value is -0.120. The summed E-state index contributed by atoms with van der Waals surface area (Å²) in [5, 5.41) is 10.9. The summed E-state index contributed by atoms with van der Waals surface area (Å²) in [6.45, 7) is 15.1. The maximum absolute atomic E-state index is 10.9. The molecule has 3 nitrogen and oxygen atoms in total. The number of ether oxygens (including phenoxy) is 2. The van der Waals surface area contributed by atoms with Crippen molar-refractivity contribution in [3.05, 3.63) is 0 Å². The normalized spacial score (nSPS) is 36.7. The Morgan fingerprint density at radius 3 is 1.62 bits per heavy atom. The number of hydrogen-bond donors (Lipinski definition) is 1. The summed E-state index contributed by atoms with van der Waals surface area (Å²) in [4.78, 5) is 0. The third kappa shape index (κ3) is 4.00. The van der Waals surface area contributed by atoms with Gasteiger partial charge in [0.15, 0.2) is 6.29 Å². The molecule has 1 aliphatic carbocycles. The molecule has 2 fully saturated rings. The van der Waals surface area contributed by atoms with Crippen LogP contribution in [0.4, 0.5) is 0 Å². The molecule has 0 radical (unpaired) electrons. The maximum Gasteiger partial charge on any atom is 0.160 e. The molecule has 0 aromatic rings. The van der Waals surface area contributed by atoms with Gasteiger partial charge in [0.05, 0.1) is 19.3 Å². The molecule has 2 aliphatic rings. The molecule has 0 bridgehead atoms. The lowest BCUT2D eigenvalue weighted by molar-refractivity contribution is -0.227. The molecule has 1 heterocycles. The molecular formula is C18H34O3. The van der Waals surface area contributed by atoms with Gasteiger partial charge in [-0.2, -0.15) is 0 Å². The minimum atomic E-state index is -0.232. The summed E-state index contributed by atoms with van der Waals surface area (Å²) in [5.74, 6) is 1.01. The second kappa shape index (κ2) is 6.17. The topological polar surface area (TPSA) is 38.7 Å². The Morgan fingerprint density at radius 1 is 0.810 bits per heavy atom. The van der Waals surface area contributed by atoms with E-state index >= 15 is 0 Å². The average molecular weight is 298 g/mol. The van der Waals surface area contributed by atoms with Gasteiger partial charge in [0.2, 0.25) is 0 Å². The third-order valence-electron chi connectivity index (χ3n) is 5.40. The van der Waals surface area contributed by atoms with Crippen LogP contribution in [0.5, 0.6) is 0 Å². The monoisotopic (exact) mass is 298 g/mol.